The van der Waals surface area contributed by atoms with E-state index in [0.29, 0.717) is 13.6 Å². The molecular formula is C6H16O5. The third-order valence-electron chi connectivity index (χ3n) is 0.333. The topological polar surface area (TPSA) is 79.2 Å². The second-order valence-electron chi connectivity index (χ2n) is 0.785. The summed E-state index contributed by atoms with van der Waals surface area (Å²) in [7, 11) is 1.00. The Hall–Kier alpha value is -0.460. The highest BCUT2D eigenvalue weighted by atomic mass is 16.8. The molecule has 0 aromatic rings. The number of aliphatic hydroxyl groups excluding tert-OH is 2. The van der Waals surface area contributed by atoms with Gasteiger partial charge in [0.15, 0.2) is 13.6 Å². The molecule has 0 amide bonds. The van der Waals surface area contributed by atoms with E-state index in [4.69, 9.17) is 15.3 Å². The molecule has 1 aliphatic rings. The van der Waals surface area contributed by atoms with Crippen LogP contribution in [-0.4, -0.2) is 42.8 Å². The highest BCUT2D eigenvalue weighted by Crippen LogP contribution is 1.87. The minimum absolute atomic E-state index is 0.500. The molecule has 0 atom stereocenters. The lowest BCUT2D eigenvalue weighted by Crippen LogP contribution is -2.14. The number of ether oxygens (including phenoxy) is 2. The molecule has 0 aliphatic carbocycles. The Morgan fingerprint density at radius 3 is 1.18 bits per heavy atom. The maximum Gasteiger partial charge on any atom is 0.152 e. The van der Waals surface area contributed by atoms with Gasteiger partial charge in [-0.2, -0.15) is 0 Å². The molecule has 1 rings (SSSR count). The highest BCUT2D eigenvalue weighted by molar-refractivity contribution is 4.22. The molecule has 0 radical (unpaired) electrons. The maximum atomic E-state index is 7.12. The van der Waals surface area contributed by atoms with Crippen molar-refractivity contribution in [1.29, 1.82) is 0 Å². The number of rotatable bonds is 0. The summed E-state index contributed by atoms with van der Waals surface area (Å²) in [5.74, 6) is 0. The Bertz CT molecular complexity index is 34.0. The van der Waals surface area contributed by atoms with Crippen LogP contribution in [0.1, 0.15) is 0 Å². The molecule has 0 saturated carbocycles. The van der Waals surface area contributed by atoms with Gasteiger partial charge in [0.1, 0.15) is 6.79 Å². The number of aliphatic hydroxyl groups is 3. The van der Waals surface area contributed by atoms with Gasteiger partial charge in [0.05, 0.1) is 0 Å². The van der Waals surface area contributed by atoms with Crippen molar-refractivity contribution in [3.05, 3.63) is 13.2 Å². The van der Waals surface area contributed by atoms with Gasteiger partial charge in [-0.15, -0.1) is 13.2 Å². The maximum absolute atomic E-state index is 7.12. The first-order valence-corrected chi connectivity index (χ1v) is 2.73. The van der Waals surface area contributed by atoms with Gasteiger partial charge in [0.25, 0.3) is 0 Å². The van der Waals surface area contributed by atoms with Crippen LogP contribution in [0.2, 0.25) is 0 Å². The molecule has 1 aliphatic heterocycles. The van der Waals surface area contributed by atoms with Gasteiger partial charge < -0.3 is 24.8 Å². The molecule has 1 heterocycles. The summed E-state index contributed by atoms with van der Waals surface area (Å²) in [4.78, 5) is 0. The Labute approximate surface area is 66.5 Å². The van der Waals surface area contributed by atoms with Gasteiger partial charge in [0.2, 0.25) is 0 Å². The fourth-order valence-corrected chi connectivity index (χ4v) is 0.0833. The van der Waals surface area contributed by atoms with Crippen molar-refractivity contribution >= 4 is 0 Å². The van der Waals surface area contributed by atoms with Crippen molar-refractivity contribution in [3.63, 3.8) is 0 Å². The molecule has 0 bridgehead atoms. The Balaban J connectivity index is -0.0000000835. The molecule has 5 heteroatoms. The highest BCUT2D eigenvalue weighted by Gasteiger charge is 1.93. The lowest BCUT2D eigenvalue weighted by molar-refractivity contribution is -0.247. The summed E-state index contributed by atoms with van der Waals surface area (Å²) in [5.41, 5.74) is 0. The second kappa shape index (κ2) is 33.8. The molecule has 1 fully saturated rings. The molecule has 3 N–H and O–H groups in total. The summed E-state index contributed by atoms with van der Waals surface area (Å²) in [6.45, 7) is 6.25. The van der Waals surface area contributed by atoms with E-state index in [1.165, 1.54) is 0 Å². The zero-order valence-corrected chi connectivity index (χ0v) is 6.69. The standard InChI is InChI=1S/C2H4O2.C2H4.CH4O2.CH4O/c1-3-2-4-1;1-2;2-1-3;1-2/h1-2H2;1-2H2;2-3H,1H2;2H,1H3. The van der Waals surface area contributed by atoms with E-state index in [1.807, 2.05) is 0 Å². The molecule has 0 unspecified atom stereocenters. The van der Waals surface area contributed by atoms with Gasteiger partial charge >= 0.3 is 0 Å². The summed E-state index contributed by atoms with van der Waals surface area (Å²) in [6.07, 6.45) is 0. The Morgan fingerprint density at radius 2 is 1.18 bits per heavy atom. The Kier molecular flexibility index (Phi) is 51.8. The van der Waals surface area contributed by atoms with Gasteiger partial charge in [-0.05, 0) is 0 Å². The quantitative estimate of drug-likeness (QED) is 0.329. The molecular weight excluding hydrogens is 152 g/mol. The van der Waals surface area contributed by atoms with E-state index in [0.717, 1.165) is 7.11 Å². The van der Waals surface area contributed by atoms with Crippen molar-refractivity contribution in [1.82, 2.24) is 0 Å². The average molecular weight is 168 g/mol. The zero-order valence-electron chi connectivity index (χ0n) is 6.69. The normalized spacial score (nSPS) is 11.3. The molecule has 0 aromatic heterocycles. The molecule has 0 aromatic carbocycles. The fraction of sp³-hybridized carbons (Fsp3) is 0.667. The van der Waals surface area contributed by atoms with Crippen LogP contribution in [0.4, 0.5) is 0 Å². The first kappa shape index (κ1) is 16.9. The van der Waals surface area contributed by atoms with Crippen LogP contribution in [0.5, 0.6) is 0 Å². The first-order valence-electron chi connectivity index (χ1n) is 2.73. The molecule has 70 valence electrons. The van der Waals surface area contributed by atoms with E-state index in [9.17, 15) is 0 Å². The molecule has 0 spiro atoms. The lowest BCUT2D eigenvalue weighted by Gasteiger charge is -2.10. The molecule has 1 saturated heterocycles. The van der Waals surface area contributed by atoms with Crippen molar-refractivity contribution in [2.45, 2.75) is 0 Å². The van der Waals surface area contributed by atoms with Gasteiger partial charge in [-0.25, -0.2) is 0 Å². The van der Waals surface area contributed by atoms with Crippen LogP contribution in [0, 0.1) is 0 Å². The Morgan fingerprint density at radius 1 is 1.09 bits per heavy atom. The predicted molar refractivity (Wildman–Crippen MR) is 40.6 cm³/mol. The minimum Gasteiger partial charge on any atom is -0.400 e. The summed E-state index contributed by atoms with van der Waals surface area (Å²) < 4.78 is 9.00. The average Bonchev–Trinajstić information content (AvgIpc) is 1.93. The van der Waals surface area contributed by atoms with E-state index in [1.54, 1.807) is 0 Å². The first-order chi connectivity index (χ1) is 5.41. The van der Waals surface area contributed by atoms with E-state index in [-0.39, 0.29) is 0 Å². The SMILES string of the molecule is C1OCO1.C=C.CO.OCO. The van der Waals surface area contributed by atoms with Crippen LogP contribution in [-0.2, 0) is 9.47 Å². The van der Waals surface area contributed by atoms with Crippen LogP contribution >= 0.6 is 0 Å². The third-order valence-corrected chi connectivity index (χ3v) is 0.333. The number of hydrogen-bond acceptors (Lipinski definition) is 5. The summed E-state index contributed by atoms with van der Waals surface area (Å²) in [6, 6.07) is 0. The van der Waals surface area contributed by atoms with Crippen molar-refractivity contribution in [3.8, 4) is 0 Å². The van der Waals surface area contributed by atoms with Gasteiger partial charge in [0, 0.05) is 7.11 Å². The zero-order chi connectivity index (χ0) is 9.54. The summed E-state index contributed by atoms with van der Waals surface area (Å²) >= 11 is 0. The molecule has 11 heavy (non-hydrogen) atoms. The van der Waals surface area contributed by atoms with Crippen LogP contribution in [0.25, 0.3) is 0 Å². The largest absolute Gasteiger partial charge is 0.400 e. The monoisotopic (exact) mass is 168 g/mol. The summed E-state index contributed by atoms with van der Waals surface area (Å²) in [5, 5.41) is 21.2. The van der Waals surface area contributed by atoms with Crippen molar-refractivity contribution in [2.75, 3.05) is 27.5 Å². The molecule has 5 nitrogen and oxygen atoms in total. The third kappa shape index (κ3) is 43.3. The van der Waals surface area contributed by atoms with Gasteiger partial charge in [-0.3, -0.25) is 0 Å². The van der Waals surface area contributed by atoms with Crippen molar-refractivity contribution < 1.29 is 24.8 Å². The second-order valence-corrected chi connectivity index (χ2v) is 0.785. The lowest BCUT2D eigenvalue weighted by atomic mass is 11.2. The van der Waals surface area contributed by atoms with Crippen LogP contribution < -0.4 is 0 Å². The van der Waals surface area contributed by atoms with Crippen molar-refractivity contribution in [2.24, 2.45) is 0 Å². The minimum atomic E-state index is -0.750. The van der Waals surface area contributed by atoms with E-state index >= 15 is 0 Å². The van der Waals surface area contributed by atoms with Gasteiger partial charge in [-0.1, -0.05) is 0 Å². The fourth-order valence-electron chi connectivity index (χ4n) is 0.0833. The predicted octanol–water partition coefficient (Wildman–Crippen LogP) is -0.713. The van der Waals surface area contributed by atoms with Crippen LogP contribution in [0.15, 0.2) is 13.2 Å². The van der Waals surface area contributed by atoms with E-state index in [2.05, 4.69) is 22.6 Å². The van der Waals surface area contributed by atoms with Crippen LogP contribution in [0.3, 0.4) is 0 Å². The smallest absolute Gasteiger partial charge is 0.152 e. The van der Waals surface area contributed by atoms with E-state index < -0.39 is 6.79 Å². The number of hydrogen-bond donors (Lipinski definition) is 3.